The predicted molar refractivity (Wildman–Crippen MR) is 415 cm³/mol. The van der Waals surface area contributed by atoms with Crippen LogP contribution < -0.4 is 0 Å². The second-order valence-corrected chi connectivity index (χ2v) is 25.9. The zero-order valence-corrected chi connectivity index (χ0v) is 54.1. The van der Waals surface area contributed by atoms with Crippen LogP contribution >= 0.6 is 22.7 Å². The van der Waals surface area contributed by atoms with Crippen LogP contribution in [0.4, 0.5) is 0 Å². The van der Waals surface area contributed by atoms with Crippen molar-refractivity contribution in [2.24, 2.45) is 0 Å². The van der Waals surface area contributed by atoms with Crippen molar-refractivity contribution >= 4 is 107 Å². The standard InChI is InChI=1S/C51H32N4S.C38H23N5S/c1-3-11-33(12-4-1)35-19-23-37(24-20-35)49-52-50(38-25-21-36(22-26-38)34-13-5-2-6-14-34)54-51(53-49)39-27-29-40(30-28-39)55-45-17-9-7-15-41(45)43-31-44-42-16-8-10-18-47(42)56-48(44)32-46(43)55;1-3-11-24(12-4-1)36-40-37(25-13-5-2-6-14-25)42-38(41-36)31-20-19-26(23-39-31)43-32-17-9-7-15-27(32)29-21-30-28-16-8-10-18-34(28)44-35(30)22-33(29)43/h1-32H;1-23H/i27D,28D,29D,30D;1D,2D,3D,4D,5D,6D,11D,12D,13D,14D. The Hall–Kier alpha value is -12.9. The molecule has 0 atom stereocenters. The fraction of sp³-hybridized carbons (Fsp3) is 0. The van der Waals surface area contributed by atoms with Gasteiger partial charge in [0.2, 0.25) is 0 Å². The molecule has 0 fully saturated rings. The molecule has 0 amide bonds. The lowest BCUT2D eigenvalue weighted by Crippen LogP contribution is -2.02. The maximum absolute atomic E-state index is 9.57. The first-order valence-corrected chi connectivity index (χ1v) is 33.7. The molecule has 0 unspecified atom stereocenters. The van der Waals surface area contributed by atoms with E-state index < -0.39 is 60.4 Å². The second-order valence-electron chi connectivity index (χ2n) is 23.8. The number of pyridine rings is 1. The highest BCUT2D eigenvalue weighted by Gasteiger charge is 2.21. The summed E-state index contributed by atoms with van der Waals surface area (Å²) in [6, 6.07) is 74.3. The fourth-order valence-electron chi connectivity index (χ4n) is 13.1. The summed E-state index contributed by atoms with van der Waals surface area (Å²) in [5.74, 6) is -0.0184. The fourth-order valence-corrected chi connectivity index (χ4v) is 15.4. The van der Waals surface area contributed by atoms with Gasteiger partial charge in [-0.3, -0.25) is 4.98 Å². The minimum atomic E-state index is -0.612. The van der Waals surface area contributed by atoms with Crippen molar-refractivity contribution in [3.05, 3.63) is 333 Å². The highest BCUT2D eigenvalue weighted by Crippen LogP contribution is 2.43. The number of hydrogen-bond acceptors (Lipinski definition) is 9. The minimum absolute atomic E-state index is 0.00752. The molecular weight excluding hydrogens is 1260 g/mol. The quantitative estimate of drug-likeness (QED) is 0.134. The lowest BCUT2D eigenvalue weighted by molar-refractivity contribution is 1.05. The molecule has 20 rings (SSSR count). The van der Waals surface area contributed by atoms with Crippen molar-refractivity contribution in [1.82, 2.24) is 44.0 Å². The van der Waals surface area contributed by atoms with E-state index in [2.05, 4.69) is 104 Å². The number of fused-ring (bicyclic) bond motifs is 12. The SMILES string of the molecule is [2H]c1c([2H])c(-n2c3ccccc3c3cc4c(cc32)sc2ccccc24)c([2H])c([2H])c1-c1nc(-c2ccc(-c3ccccc3)cc2)nc(-c2ccc(-c3ccccc3)cc2)n1.[2H]c1c([2H])c([2H])c(-c2nc(-c3ccc(-n4c5ccccc5c5cc6c(cc54)sc4ccccc46)cn3)nc(-c3c([2H])c([2H])c([2H])c([2H])c3[2H])n2)c([2H])c1[2H]. The topological polar surface area (TPSA) is 100 Å². The Morgan fingerprint density at radius 3 is 1.06 bits per heavy atom. The number of hydrogen-bond donors (Lipinski definition) is 0. The Balaban J connectivity index is 0.000000154. The van der Waals surface area contributed by atoms with E-state index in [1.54, 1.807) is 34.9 Å². The summed E-state index contributed by atoms with van der Waals surface area (Å²) in [6.45, 7) is 0. The average molecular weight is 1330 g/mol. The summed E-state index contributed by atoms with van der Waals surface area (Å²) in [5.41, 5.74) is 9.70. The van der Waals surface area contributed by atoms with Gasteiger partial charge in [-0.2, -0.15) is 0 Å². The molecule has 7 heterocycles. The summed E-state index contributed by atoms with van der Waals surface area (Å²) in [7, 11) is 0. The van der Waals surface area contributed by atoms with E-state index >= 15 is 0 Å². The monoisotopic (exact) mass is 1330 g/mol. The minimum Gasteiger partial charge on any atom is -0.309 e. The van der Waals surface area contributed by atoms with Gasteiger partial charge in [0, 0.05) is 95.4 Å². The molecule has 0 N–H and O–H groups in total. The van der Waals surface area contributed by atoms with Gasteiger partial charge >= 0.3 is 0 Å². The molecule has 11 heteroatoms. The molecule has 0 spiro atoms. The van der Waals surface area contributed by atoms with Gasteiger partial charge in [0.1, 0.15) is 5.69 Å². The van der Waals surface area contributed by atoms with Crippen LogP contribution in [0.25, 0.3) is 186 Å². The molecule has 0 radical (unpaired) electrons. The number of aromatic nitrogens is 9. The van der Waals surface area contributed by atoms with Crippen LogP contribution in [0.2, 0.25) is 0 Å². The van der Waals surface area contributed by atoms with Gasteiger partial charge in [-0.1, -0.05) is 242 Å². The molecule has 0 saturated heterocycles. The molecule has 0 aliphatic rings. The van der Waals surface area contributed by atoms with E-state index in [1.807, 2.05) is 156 Å². The normalized spacial score (nSPS) is 13.6. The molecule has 7 aromatic heterocycles. The Labute approximate surface area is 602 Å². The zero-order valence-electron chi connectivity index (χ0n) is 66.5. The average Bonchev–Trinajstić information content (AvgIpc) is 1.54. The number of nitrogens with zero attached hydrogens (tertiary/aromatic N) is 9. The predicted octanol–water partition coefficient (Wildman–Crippen LogP) is 23.4. The number of para-hydroxylation sites is 2. The van der Waals surface area contributed by atoms with E-state index in [9.17, 15) is 5.48 Å². The van der Waals surface area contributed by atoms with Gasteiger partial charge < -0.3 is 9.13 Å². The second kappa shape index (κ2) is 24.6. The van der Waals surface area contributed by atoms with Crippen LogP contribution in [-0.4, -0.2) is 44.0 Å². The first-order chi connectivity index (χ1) is 55.3. The number of thiophene rings is 2. The molecule has 0 saturated carbocycles. The largest absolute Gasteiger partial charge is 0.309 e. The van der Waals surface area contributed by atoms with Gasteiger partial charge in [0.15, 0.2) is 34.9 Å². The first-order valence-electron chi connectivity index (χ1n) is 39.1. The van der Waals surface area contributed by atoms with Crippen LogP contribution in [0.5, 0.6) is 0 Å². The Kier molecular flexibility index (Phi) is 11.2. The van der Waals surface area contributed by atoms with Crippen molar-refractivity contribution in [2.75, 3.05) is 0 Å². The lowest BCUT2D eigenvalue weighted by atomic mass is 10.0. The third-order valence-corrected chi connectivity index (χ3v) is 20.1. The Morgan fingerprint density at radius 2 is 0.610 bits per heavy atom. The summed E-state index contributed by atoms with van der Waals surface area (Å²) in [6.07, 6.45) is 1.65. The summed E-state index contributed by atoms with van der Waals surface area (Å²) < 4.78 is 130. The van der Waals surface area contributed by atoms with Crippen LogP contribution in [-0.2, 0) is 0 Å². The van der Waals surface area contributed by atoms with Crippen LogP contribution in [0.1, 0.15) is 19.2 Å². The zero-order chi connectivity index (χ0) is 78.2. The lowest BCUT2D eigenvalue weighted by Gasteiger charge is -2.11. The van der Waals surface area contributed by atoms with Gasteiger partial charge in [-0.05, 0) is 107 Å². The van der Waals surface area contributed by atoms with Crippen LogP contribution in [0.15, 0.2) is 333 Å². The molecule has 468 valence electrons. The molecule has 0 bridgehead atoms. The number of rotatable bonds is 10. The highest BCUT2D eigenvalue weighted by molar-refractivity contribution is 7.26. The highest BCUT2D eigenvalue weighted by atomic mass is 32.1. The molecule has 0 aliphatic carbocycles. The molecular formula is C89H55N9S2. The van der Waals surface area contributed by atoms with Gasteiger partial charge in [-0.25, -0.2) is 29.9 Å². The van der Waals surface area contributed by atoms with Crippen molar-refractivity contribution in [2.45, 2.75) is 0 Å². The van der Waals surface area contributed by atoms with E-state index in [0.29, 0.717) is 11.6 Å². The van der Waals surface area contributed by atoms with Crippen molar-refractivity contribution < 1.29 is 19.2 Å². The van der Waals surface area contributed by atoms with Gasteiger partial charge in [0.25, 0.3) is 0 Å². The smallest absolute Gasteiger partial charge is 0.182 e. The van der Waals surface area contributed by atoms with E-state index in [0.717, 1.165) is 97.5 Å². The molecule has 0 aliphatic heterocycles. The molecule has 100 heavy (non-hydrogen) atoms. The van der Waals surface area contributed by atoms with Crippen LogP contribution in [0.3, 0.4) is 0 Å². The van der Waals surface area contributed by atoms with Crippen molar-refractivity contribution in [3.63, 3.8) is 0 Å². The maximum Gasteiger partial charge on any atom is 0.182 e. The maximum atomic E-state index is 9.57. The Bertz CT molecular complexity index is 7130. The summed E-state index contributed by atoms with van der Waals surface area (Å²) >= 11 is 3.42. The third kappa shape index (κ3) is 10.5. The van der Waals surface area contributed by atoms with Crippen LogP contribution in [0, 0.1) is 0 Å². The number of benzene rings is 13. The van der Waals surface area contributed by atoms with Gasteiger partial charge in [-0.15, -0.1) is 22.7 Å². The van der Waals surface area contributed by atoms with Gasteiger partial charge in [0.05, 0.1) is 53.1 Å². The van der Waals surface area contributed by atoms with Crippen molar-refractivity contribution in [1.29, 1.82) is 0 Å². The summed E-state index contributed by atoms with van der Waals surface area (Å²) in [4.78, 5) is 32.7. The van der Waals surface area contributed by atoms with E-state index in [-0.39, 0.29) is 75.5 Å². The Morgan fingerprint density at radius 1 is 0.240 bits per heavy atom. The van der Waals surface area contributed by atoms with E-state index in [1.165, 1.54) is 25.6 Å². The molecule has 13 aromatic carbocycles. The van der Waals surface area contributed by atoms with Crippen molar-refractivity contribution in [3.8, 4) is 102 Å². The summed E-state index contributed by atoms with van der Waals surface area (Å²) in [5, 5.41) is 8.80. The molecule has 20 aromatic rings. The molecule has 9 nitrogen and oxygen atoms in total. The van der Waals surface area contributed by atoms with E-state index in [4.69, 9.17) is 33.6 Å². The first kappa shape index (κ1) is 45.5. The third-order valence-electron chi connectivity index (χ3n) is 17.9.